The quantitative estimate of drug-likeness (QED) is 0.914. The van der Waals surface area contributed by atoms with Crippen LogP contribution in [-0.4, -0.2) is 33.9 Å². The number of anilines is 1. The van der Waals surface area contributed by atoms with Gasteiger partial charge in [-0.15, -0.1) is 0 Å². The zero-order valence-corrected chi connectivity index (χ0v) is 14.1. The van der Waals surface area contributed by atoms with Gasteiger partial charge in [-0.1, -0.05) is 25.3 Å². The van der Waals surface area contributed by atoms with Crippen molar-refractivity contribution in [2.24, 2.45) is 0 Å². The van der Waals surface area contributed by atoms with Crippen molar-refractivity contribution in [3.05, 3.63) is 54.0 Å². The van der Waals surface area contributed by atoms with Crippen LogP contribution in [0.1, 0.15) is 48.0 Å². The molecule has 0 aromatic carbocycles. The molecule has 5 heteroatoms. The molecule has 5 nitrogen and oxygen atoms in total. The molecular formula is C19H24N4O. The van der Waals surface area contributed by atoms with Crippen molar-refractivity contribution in [3.63, 3.8) is 0 Å². The van der Waals surface area contributed by atoms with E-state index in [-0.39, 0.29) is 5.91 Å². The molecule has 0 aliphatic heterocycles. The van der Waals surface area contributed by atoms with Gasteiger partial charge in [0.2, 0.25) is 0 Å². The average Bonchev–Trinajstić information content (AvgIpc) is 2.67. The third-order valence-electron chi connectivity index (χ3n) is 4.62. The first kappa shape index (κ1) is 16.4. The average molecular weight is 324 g/mol. The minimum Gasteiger partial charge on any atom is -0.373 e. The molecule has 126 valence electrons. The fourth-order valence-corrected chi connectivity index (χ4v) is 3.31. The van der Waals surface area contributed by atoms with Crippen molar-refractivity contribution < 1.29 is 4.79 Å². The first-order valence-electron chi connectivity index (χ1n) is 8.61. The Bertz CT molecular complexity index is 668. The van der Waals surface area contributed by atoms with E-state index in [1.165, 1.54) is 19.3 Å². The third-order valence-corrected chi connectivity index (χ3v) is 4.62. The maximum Gasteiger partial charge on any atom is 0.254 e. The van der Waals surface area contributed by atoms with Crippen molar-refractivity contribution in [2.45, 2.75) is 44.7 Å². The van der Waals surface area contributed by atoms with Crippen molar-refractivity contribution in [1.82, 2.24) is 14.9 Å². The van der Waals surface area contributed by atoms with Gasteiger partial charge in [0, 0.05) is 43.8 Å². The Kier molecular flexibility index (Phi) is 5.41. The Labute approximate surface area is 143 Å². The van der Waals surface area contributed by atoms with Gasteiger partial charge >= 0.3 is 0 Å². The summed E-state index contributed by atoms with van der Waals surface area (Å²) in [5.74, 6) is 0.787. The first-order valence-corrected chi connectivity index (χ1v) is 8.61. The number of nitrogens with zero attached hydrogens (tertiary/aromatic N) is 3. The van der Waals surface area contributed by atoms with Crippen LogP contribution in [0.25, 0.3) is 0 Å². The van der Waals surface area contributed by atoms with E-state index in [0.717, 1.165) is 18.4 Å². The highest BCUT2D eigenvalue weighted by Crippen LogP contribution is 2.26. The van der Waals surface area contributed by atoms with Crippen LogP contribution in [0, 0.1) is 0 Å². The van der Waals surface area contributed by atoms with Gasteiger partial charge in [0.25, 0.3) is 5.91 Å². The second-order valence-corrected chi connectivity index (χ2v) is 6.27. The van der Waals surface area contributed by atoms with Crippen molar-refractivity contribution in [2.75, 3.05) is 12.4 Å². The van der Waals surface area contributed by atoms with E-state index in [1.807, 2.05) is 36.3 Å². The molecular weight excluding hydrogens is 300 g/mol. The second-order valence-electron chi connectivity index (χ2n) is 6.27. The van der Waals surface area contributed by atoms with E-state index >= 15 is 0 Å². The Balaban J connectivity index is 1.86. The first-order chi connectivity index (χ1) is 11.8. The Morgan fingerprint density at radius 3 is 2.79 bits per heavy atom. The van der Waals surface area contributed by atoms with E-state index < -0.39 is 0 Å². The van der Waals surface area contributed by atoms with Crippen LogP contribution < -0.4 is 5.32 Å². The molecule has 2 aromatic rings. The summed E-state index contributed by atoms with van der Waals surface area (Å²) < 4.78 is 0. The number of hydrogen-bond donors (Lipinski definition) is 1. The van der Waals surface area contributed by atoms with Crippen LogP contribution in [0.5, 0.6) is 0 Å². The lowest BCUT2D eigenvalue weighted by molar-refractivity contribution is 0.0614. The van der Waals surface area contributed by atoms with Gasteiger partial charge in [-0.25, -0.2) is 4.98 Å². The fraction of sp³-hybridized carbons (Fsp3) is 0.421. The summed E-state index contributed by atoms with van der Waals surface area (Å²) in [4.78, 5) is 23.6. The summed E-state index contributed by atoms with van der Waals surface area (Å²) in [6.07, 6.45) is 11.1. The number of aromatic nitrogens is 2. The van der Waals surface area contributed by atoms with Gasteiger partial charge in [-0.2, -0.15) is 0 Å². The summed E-state index contributed by atoms with van der Waals surface area (Å²) in [7, 11) is 1.81. The smallest absolute Gasteiger partial charge is 0.254 e. The largest absolute Gasteiger partial charge is 0.373 e. The summed E-state index contributed by atoms with van der Waals surface area (Å²) in [5, 5.41) is 3.00. The summed E-state index contributed by atoms with van der Waals surface area (Å²) in [6.45, 7) is 0.606. The molecule has 0 saturated heterocycles. The van der Waals surface area contributed by atoms with Gasteiger partial charge in [0.05, 0.1) is 0 Å². The minimum atomic E-state index is 0.0738. The molecule has 0 atom stereocenters. The molecule has 1 aliphatic carbocycles. The van der Waals surface area contributed by atoms with Crippen LogP contribution in [-0.2, 0) is 6.54 Å². The van der Waals surface area contributed by atoms with Crippen LogP contribution in [0.2, 0.25) is 0 Å². The van der Waals surface area contributed by atoms with Crippen LogP contribution in [0.15, 0.2) is 42.9 Å². The lowest BCUT2D eigenvalue weighted by Gasteiger charge is -2.34. The van der Waals surface area contributed by atoms with E-state index in [1.54, 1.807) is 18.5 Å². The third kappa shape index (κ3) is 3.91. The molecule has 1 fully saturated rings. The predicted octanol–water partition coefficient (Wildman–Crippen LogP) is 3.49. The highest BCUT2D eigenvalue weighted by Gasteiger charge is 2.26. The minimum absolute atomic E-state index is 0.0738. The van der Waals surface area contributed by atoms with Crippen LogP contribution in [0.3, 0.4) is 0 Å². The number of carbonyl (C=O) groups is 1. The maximum atomic E-state index is 13.2. The lowest BCUT2D eigenvalue weighted by Crippen LogP contribution is -2.41. The summed E-state index contributed by atoms with van der Waals surface area (Å²) >= 11 is 0. The van der Waals surface area contributed by atoms with E-state index in [9.17, 15) is 4.79 Å². The summed E-state index contributed by atoms with van der Waals surface area (Å²) in [5.41, 5.74) is 1.75. The molecule has 1 aliphatic rings. The molecule has 3 rings (SSSR count). The molecule has 0 spiro atoms. The van der Waals surface area contributed by atoms with Gasteiger partial charge in [0.15, 0.2) is 0 Å². The van der Waals surface area contributed by atoms with Crippen LogP contribution in [0.4, 0.5) is 5.82 Å². The number of hydrogen-bond acceptors (Lipinski definition) is 4. The Hall–Kier alpha value is -2.43. The highest BCUT2D eigenvalue weighted by atomic mass is 16.2. The molecule has 1 N–H and O–H groups in total. The zero-order valence-electron chi connectivity index (χ0n) is 14.1. The van der Waals surface area contributed by atoms with Gasteiger partial charge in [-0.05, 0) is 36.6 Å². The molecule has 1 saturated carbocycles. The predicted molar refractivity (Wildman–Crippen MR) is 94.8 cm³/mol. The van der Waals surface area contributed by atoms with Gasteiger partial charge in [-0.3, -0.25) is 9.78 Å². The topological polar surface area (TPSA) is 58.1 Å². The van der Waals surface area contributed by atoms with E-state index in [0.29, 0.717) is 24.0 Å². The lowest BCUT2D eigenvalue weighted by atomic mass is 9.93. The zero-order chi connectivity index (χ0) is 16.8. The van der Waals surface area contributed by atoms with E-state index in [4.69, 9.17) is 0 Å². The molecule has 1 amide bonds. The van der Waals surface area contributed by atoms with Gasteiger partial charge < -0.3 is 10.2 Å². The SMILES string of the molecule is CNc1cc(C(=O)N(Cc2cccnc2)C2CCCCC2)ccn1. The van der Waals surface area contributed by atoms with Crippen molar-refractivity contribution >= 4 is 11.7 Å². The van der Waals surface area contributed by atoms with Crippen molar-refractivity contribution in [3.8, 4) is 0 Å². The highest BCUT2D eigenvalue weighted by molar-refractivity contribution is 5.95. The molecule has 2 aromatic heterocycles. The van der Waals surface area contributed by atoms with Crippen LogP contribution >= 0.6 is 0 Å². The number of pyridine rings is 2. The van der Waals surface area contributed by atoms with E-state index in [2.05, 4.69) is 15.3 Å². The molecule has 0 bridgehead atoms. The normalized spacial score (nSPS) is 15.0. The Morgan fingerprint density at radius 1 is 1.25 bits per heavy atom. The molecule has 0 radical (unpaired) electrons. The molecule has 0 unspecified atom stereocenters. The second kappa shape index (κ2) is 7.90. The number of amides is 1. The monoisotopic (exact) mass is 324 g/mol. The fourth-order valence-electron chi connectivity index (χ4n) is 3.31. The number of rotatable bonds is 5. The molecule has 24 heavy (non-hydrogen) atoms. The maximum absolute atomic E-state index is 13.2. The summed E-state index contributed by atoms with van der Waals surface area (Å²) in [6, 6.07) is 7.87. The molecule has 2 heterocycles. The van der Waals surface area contributed by atoms with Crippen molar-refractivity contribution in [1.29, 1.82) is 0 Å². The Morgan fingerprint density at radius 2 is 2.08 bits per heavy atom. The standard InChI is InChI=1S/C19H24N4O/c1-20-18-12-16(9-11-22-18)19(24)23(17-7-3-2-4-8-17)14-15-6-5-10-21-13-15/h5-6,9-13,17H,2-4,7-8,14H2,1H3,(H,20,22). The van der Waals surface area contributed by atoms with Gasteiger partial charge in [0.1, 0.15) is 5.82 Å². The number of nitrogens with one attached hydrogen (secondary N) is 1. The number of carbonyl (C=O) groups excluding carboxylic acids is 1.